The van der Waals surface area contributed by atoms with Gasteiger partial charge in [0.1, 0.15) is 6.07 Å². The third-order valence-electron chi connectivity index (χ3n) is 3.05. The van der Waals surface area contributed by atoms with Gasteiger partial charge in [-0.15, -0.1) is 0 Å². The van der Waals surface area contributed by atoms with Crippen molar-refractivity contribution in [3.8, 4) is 17.2 Å². The number of halogens is 1. The van der Waals surface area contributed by atoms with E-state index in [2.05, 4.69) is 22.0 Å². The molecule has 0 N–H and O–H groups in total. The van der Waals surface area contributed by atoms with Crippen LogP contribution >= 0.6 is 15.9 Å². The summed E-state index contributed by atoms with van der Waals surface area (Å²) >= 11 is 3.49. The molecule has 2 nitrogen and oxygen atoms in total. The molecule has 0 bridgehead atoms. The number of aryl methyl sites for hydroxylation is 1. The van der Waals surface area contributed by atoms with Gasteiger partial charge in [-0.05, 0) is 46.1 Å². The molecular formula is C16H10BrNO. The number of hydrogen-bond donors (Lipinski definition) is 0. The first kappa shape index (κ1) is 12.0. The summed E-state index contributed by atoms with van der Waals surface area (Å²) < 4.78 is 6.56. The lowest BCUT2D eigenvalue weighted by Gasteiger charge is -2.00. The van der Waals surface area contributed by atoms with Crippen LogP contribution in [0.15, 0.2) is 51.4 Å². The van der Waals surface area contributed by atoms with E-state index in [1.807, 2.05) is 49.4 Å². The van der Waals surface area contributed by atoms with Crippen LogP contribution in [-0.4, -0.2) is 0 Å². The topological polar surface area (TPSA) is 36.9 Å². The molecule has 1 aromatic heterocycles. The molecule has 92 valence electrons. The van der Waals surface area contributed by atoms with Crippen LogP contribution in [0.5, 0.6) is 0 Å². The maximum atomic E-state index is 9.28. The van der Waals surface area contributed by atoms with E-state index < -0.39 is 0 Å². The number of benzene rings is 2. The van der Waals surface area contributed by atoms with E-state index in [-0.39, 0.29) is 0 Å². The fraction of sp³-hybridized carbons (Fsp3) is 0.0625. The van der Waals surface area contributed by atoms with Gasteiger partial charge in [-0.1, -0.05) is 30.3 Å². The quantitative estimate of drug-likeness (QED) is 0.631. The first-order chi connectivity index (χ1) is 9.20. The SMILES string of the molecule is Cc1cc(Br)c2oc(C#N)c(-c3ccccc3)c2c1. The van der Waals surface area contributed by atoms with Crippen LogP contribution in [0.1, 0.15) is 11.3 Å². The van der Waals surface area contributed by atoms with E-state index in [1.165, 1.54) is 0 Å². The fourth-order valence-electron chi connectivity index (χ4n) is 2.26. The van der Waals surface area contributed by atoms with Crippen LogP contribution in [0.4, 0.5) is 0 Å². The van der Waals surface area contributed by atoms with Crippen molar-refractivity contribution in [2.45, 2.75) is 6.92 Å². The van der Waals surface area contributed by atoms with Crippen molar-refractivity contribution in [2.75, 3.05) is 0 Å². The van der Waals surface area contributed by atoms with Gasteiger partial charge in [0.15, 0.2) is 5.58 Å². The van der Waals surface area contributed by atoms with Gasteiger partial charge in [0.05, 0.1) is 4.47 Å². The average molecular weight is 312 g/mol. The zero-order chi connectivity index (χ0) is 13.4. The minimum absolute atomic E-state index is 0.354. The maximum absolute atomic E-state index is 9.28. The zero-order valence-electron chi connectivity index (χ0n) is 10.3. The average Bonchev–Trinajstić information content (AvgIpc) is 2.78. The highest BCUT2D eigenvalue weighted by molar-refractivity contribution is 9.10. The summed E-state index contributed by atoms with van der Waals surface area (Å²) in [7, 11) is 0. The first-order valence-corrected chi connectivity index (χ1v) is 6.68. The van der Waals surface area contributed by atoms with E-state index >= 15 is 0 Å². The molecule has 1 heterocycles. The van der Waals surface area contributed by atoms with E-state index in [1.54, 1.807) is 0 Å². The number of rotatable bonds is 1. The van der Waals surface area contributed by atoms with E-state index in [0.717, 1.165) is 32.1 Å². The van der Waals surface area contributed by atoms with Crippen LogP contribution in [0.2, 0.25) is 0 Å². The predicted molar refractivity (Wildman–Crippen MR) is 78.8 cm³/mol. The molecule has 3 aromatic rings. The standard InChI is InChI=1S/C16H10BrNO/c1-10-7-12-15(11-5-3-2-4-6-11)14(9-18)19-16(12)13(17)8-10/h2-8H,1H3. The monoisotopic (exact) mass is 311 g/mol. The van der Waals surface area contributed by atoms with E-state index in [4.69, 9.17) is 4.42 Å². The Morgan fingerprint density at radius 3 is 2.58 bits per heavy atom. The van der Waals surface area contributed by atoms with Gasteiger partial charge < -0.3 is 4.42 Å². The third-order valence-corrected chi connectivity index (χ3v) is 3.64. The zero-order valence-corrected chi connectivity index (χ0v) is 11.9. The van der Waals surface area contributed by atoms with Crippen molar-refractivity contribution < 1.29 is 4.42 Å². The van der Waals surface area contributed by atoms with E-state index in [9.17, 15) is 5.26 Å². The Bertz CT molecular complexity index is 797. The Kier molecular flexibility index (Phi) is 2.88. The first-order valence-electron chi connectivity index (χ1n) is 5.89. The second-order valence-corrected chi connectivity index (χ2v) is 5.26. The minimum atomic E-state index is 0.354. The largest absolute Gasteiger partial charge is 0.444 e. The van der Waals surface area contributed by atoms with Crippen molar-refractivity contribution in [1.29, 1.82) is 5.26 Å². The fourth-order valence-corrected chi connectivity index (χ4v) is 2.92. The summed E-state index contributed by atoms with van der Waals surface area (Å²) in [6.07, 6.45) is 0. The van der Waals surface area contributed by atoms with Crippen molar-refractivity contribution in [1.82, 2.24) is 0 Å². The molecule has 3 heteroatoms. The van der Waals surface area contributed by atoms with Crippen molar-refractivity contribution in [3.63, 3.8) is 0 Å². The van der Waals surface area contributed by atoms with Crippen molar-refractivity contribution >= 4 is 26.9 Å². The summed E-state index contributed by atoms with van der Waals surface area (Å²) in [4.78, 5) is 0. The lowest BCUT2D eigenvalue weighted by molar-refractivity contribution is 0.599. The molecule has 0 saturated carbocycles. The number of nitriles is 1. The number of nitrogens with zero attached hydrogens (tertiary/aromatic N) is 1. The van der Waals surface area contributed by atoms with Crippen molar-refractivity contribution in [2.24, 2.45) is 0 Å². The second-order valence-electron chi connectivity index (χ2n) is 4.41. The third kappa shape index (κ3) is 1.94. The Labute approximate surface area is 119 Å². The van der Waals surface area contributed by atoms with Gasteiger partial charge >= 0.3 is 0 Å². The summed E-state index contributed by atoms with van der Waals surface area (Å²) in [6, 6.07) is 16.0. The number of furan rings is 1. The Balaban J connectivity index is 2.44. The van der Waals surface area contributed by atoms with Crippen LogP contribution in [0.3, 0.4) is 0 Å². The normalized spacial score (nSPS) is 10.6. The lowest BCUT2D eigenvalue weighted by Crippen LogP contribution is -1.80. The van der Waals surface area contributed by atoms with Crippen molar-refractivity contribution in [3.05, 3.63) is 58.3 Å². The van der Waals surface area contributed by atoms with Crippen LogP contribution in [0, 0.1) is 18.3 Å². The molecule has 0 radical (unpaired) electrons. The molecule has 0 aliphatic carbocycles. The van der Waals surface area contributed by atoms with Gasteiger partial charge in [-0.25, -0.2) is 0 Å². The van der Waals surface area contributed by atoms with Gasteiger partial charge in [-0.3, -0.25) is 0 Å². The molecular weight excluding hydrogens is 302 g/mol. The molecule has 0 aliphatic heterocycles. The molecule has 0 unspecified atom stereocenters. The highest BCUT2D eigenvalue weighted by atomic mass is 79.9. The van der Waals surface area contributed by atoms with Crippen LogP contribution in [-0.2, 0) is 0 Å². The maximum Gasteiger partial charge on any atom is 0.212 e. The summed E-state index contributed by atoms with van der Waals surface area (Å²) in [5.74, 6) is 0.354. The molecule has 0 saturated heterocycles. The highest BCUT2D eigenvalue weighted by Crippen LogP contribution is 2.38. The predicted octanol–water partition coefficient (Wildman–Crippen LogP) is 5.04. The molecule has 0 atom stereocenters. The van der Waals surface area contributed by atoms with Gasteiger partial charge in [-0.2, -0.15) is 5.26 Å². The number of hydrogen-bond acceptors (Lipinski definition) is 2. The summed E-state index contributed by atoms with van der Waals surface area (Å²) in [5, 5.41) is 10.2. The molecule has 0 aliphatic rings. The molecule has 0 spiro atoms. The van der Waals surface area contributed by atoms with Crippen LogP contribution in [0.25, 0.3) is 22.1 Å². The Hall–Kier alpha value is -2.05. The van der Waals surface area contributed by atoms with Gasteiger partial charge in [0.2, 0.25) is 5.76 Å². The number of fused-ring (bicyclic) bond motifs is 1. The summed E-state index contributed by atoms with van der Waals surface area (Å²) in [6.45, 7) is 2.03. The molecule has 0 fully saturated rings. The lowest BCUT2D eigenvalue weighted by atomic mass is 10.0. The highest BCUT2D eigenvalue weighted by Gasteiger charge is 2.17. The Morgan fingerprint density at radius 2 is 1.89 bits per heavy atom. The molecule has 19 heavy (non-hydrogen) atoms. The Morgan fingerprint density at radius 1 is 1.16 bits per heavy atom. The van der Waals surface area contributed by atoms with Gasteiger partial charge in [0.25, 0.3) is 0 Å². The smallest absolute Gasteiger partial charge is 0.212 e. The second kappa shape index (κ2) is 4.56. The summed E-state index contributed by atoms with van der Waals surface area (Å²) in [5.41, 5.74) is 3.71. The molecule has 2 aromatic carbocycles. The molecule has 0 amide bonds. The van der Waals surface area contributed by atoms with Gasteiger partial charge in [0, 0.05) is 10.9 Å². The van der Waals surface area contributed by atoms with E-state index in [0.29, 0.717) is 5.76 Å². The minimum Gasteiger partial charge on any atom is -0.444 e. The molecule has 3 rings (SSSR count). The van der Waals surface area contributed by atoms with Crippen LogP contribution < -0.4 is 0 Å².